The lowest BCUT2D eigenvalue weighted by molar-refractivity contribution is 0.250. The van der Waals surface area contributed by atoms with Crippen molar-refractivity contribution in [2.24, 2.45) is 0 Å². The second kappa shape index (κ2) is 6.83. The predicted molar refractivity (Wildman–Crippen MR) is 91.6 cm³/mol. The van der Waals surface area contributed by atoms with Crippen LogP contribution in [0.25, 0.3) is 0 Å². The molecule has 1 aromatic carbocycles. The van der Waals surface area contributed by atoms with Crippen LogP contribution in [-0.4, -0.2) is 23.2 Å². The van der Waals surface area contributed by atoms with Gasteiger partial charge in [-0.3, -0.25) is 0 Å². The van der Waals surface area contributed by atoms with E-state index < -0.39 is 0 Å². The van der Waals surface area contributed by atoms with E-state index in [-0.39, 0.29) is 5.41 Å². The summed E-state index contributed by atoms with van der Waals surface area (Å²) < 4.78 is 5.76. The van der Waals surface area contributed by atoms with Crippen LogP contribution in [0.1, 0.15) is 61.9 Å². The lowest BCUT2D eigenvalue weighted by Gasteiger charge is -2.34. The van der Waals surface area contributed by atoms with Gasteiger partial charge >= 0.3 is 0 Å². The average Bonchev–Trinajstić information content (AvgIpc) is 3.04. The van der Waals surface area contributed by atoms with E-state index in [9.17, 15) is 0 Å². The highest BCUT2D eigenvalue weighted by molar-refractivity contribution is 5.35. The fraction of sp³-hybridized carbons (Fsp3) is 0.579. The van der Waals surface area contributed by atoms with Crippen LogP contribution in [-0.2, 0) is 11.8 Å². The zero-order valence-corrected chi connectivity index (χ0v) is 14.4. The van der Waals surface area contributed by atoms with Gasteiger partial charge < -0.3 is 9.84 Å². The monoisotopic (exact) mass is 313 g/mol. The second-order valence-corrected chi connectivity index (χ2v) is 6.92. The molecule has 4 nitrogen and oxygen atoms in total. The fourth-order valence-corrected chi connectivity index (χ4v) is 3.63. The number of benzene rings is 1. The number of aromatic nitrogens is 2. The summed E-state index contributed by atoms with van der Waals surface area (Å²) in [6.45, 7) is 4.28. The molecular formula is C19H27N3O. The molecular weight excluding hydrogens is 286 g/mol. The number of aryl methyl sites for hydroxylation is 1. The zero-order valence-electron chi connectivity index (χ0n) is 14.4. The molecule has 1 aliphatic rings. The first kappa shape index (κ1) is 16.2. The number of nitrogens with one attached hydrogen (secondary N) is 1. The van der Waals surface area contributed by atoms with Gasteiger partial charge in [0.05, 0.1) is 5.41 Å². The number of rotatable bonds is 5. The molecule has 1 saturated carbocycles. The molecule has 0 bridgehead atoms. The Kier molecular flexibility index (Phi) is 4.81. The number of hydrogen-bond acceptors (Lipinski definition) is 4. The molecule has 0 saturated heterocycles. The minimum Gasteiger partial charge on any atom is -0.338 e. The molecule has 1 atom stereocenters. The van der Waals surface area contributed by atoms with Crippen LogP contribution in [0.15, 0.2) is 28.8 Å². The van der Waals surface area contributed by atoms with Gasteiger partial charge in [-0.05, 0) is 39.3 Å². The Morgan fingerprint density at radius 2 is 2.04 bits per heavy atom. The molecule has 1 aliphatic carbocycles. The molecule has 0 amide bonds. The first-order valence-corrected chi connectivity index (χ1v) is 8.71. The molecule has 23 heavy (non-hydrogen) atoms. The van der Waals surface area contributed by atoms with Crippen molar-refractivity contribution in [3.8, 4) is 0 Å². The number of nitrogens with zero attached hydrogens (tertiary/aromatic N) is 2. The summed E-state index contributed by atoms with van der Waals surface area (Å²) in [6.07, 6.45) is 6.73. The standard InChI is InChI=1S/C19H27N3O/c1-14-8-7-9-16(12-14)19(10-5-4-6-11-19)18-21-17(22-23-18)13-15(2)20-3/h7-9,12,15,20H,4-6,10-11,13H2,1-3H3. The van der Waals surface area contributed by atoms with Gasteiger partial charge in [-0.1, -0.05) is 54.2 Å². The van der Waals surface area contributed by atoms with Gasteiger partial charge in [0.2, 0.25) is 5.89 Å². The third-order valence-electron chi connectivity index (χ3n) is 5.14. The molecule has 1 aromatic heterocycles. The van der Waals surface area contributed by atoms with E-state index in [4.69, 9.17) is 9.51 Å². The molecule has 3 rings (SSSR count). The van der Waals surface area contributed by atoms with Crippen LogP contribution in [0.4, 0.5) is 0 Å². The van der Waals surface area contributed by atoms with E-state index in [0.29, 0.717) is 6.04 Å². The summed E-state index contributed by atoms with van der Waals surface area (Å²) in [5, 5.41) is 7.48. The van der Waals surface area contributed by atoms with Crippen LogP contribution in [0.2, 0.25) is 0 Å². The quantitative estimate of drug-likeness (QED) is 0.912. The Labute approximate surface area is 138 Å². The topological polar surface area (TPSA) is 51.0 Å². The van der Waals surface area contributed by atoms with Gasteiger partial charge in [0, 0.05) is 12.5 Å². The van der Waals surface area contributed by atoms with Crippen LogP contribution in [0.5, 0.6) is 0 Å². The number of likely N-dealkylation sites (N-methyl/N-ethyl adjacent to an activating group) is 1. The largest absolute Gasteiger partial charge is 0.338 e. The van der Waals surface area contributed by atoms with Gasteiger partial charge in [0.15, 0.2) is 5.82 Å². The zero-order chi connectivity index (χ0) is 16.3. The van der Waals surface area contributed by atoms with Crippen LogP contribution >= 0.6 is 0 Å². The summed E-state index contributed by atoms with van der Waals surface area (Å²) >= 11 is 0. The van der Waals surface area contributed by atoms with Gasteiger partial charge in [-0.25, -0.2) is 0 Å². The molecule has 1 N–H and O–H groups in total. The summed E-state index contributed by atoms with van der Waals surface area (Å²) in [6, 6.07) is 9.14. The van der Waals surface area contributed by atoms with Gasteiger partial charge in [-0.15, -0.1) is 0 Å². The van der Waals surface area contributed by atoms with E-state index in [1.165, 1.54) is 30.4 Å². The van der Waals surface area contributed by atoms with Crippen LogP contribution in [0.3, 0.4) is 0 Å². The lowest BCUT2D eigenvalue weighted by Crippen LogP contribution is -2.31. The molecule has 2 aromatic rings. The molecule has 0 spiro atoms. The highest BCUT2D eigenvalue weighted by Crippen LogP contribution is 2.44. The molecule has 1 heterocycles. The Hall–Kier alpha value is -1.68. The van der Waals surface area contributed by atoms with Crippen molar-refractivity contribution in [2.45, 2.75) is 63.8 Å². The first-order chi connectivity index (χ1) is 11.1. The molecule has 124 valence electrons. The van der Waals surface area contributed by atoms with E-state index >= 15 is 0 Å². The molecule has 1 fully saturated rings. The maximum Gasteiger partial charge on any atom is 0.237 e. The summed E-state index contributed by atoms with van der Waals surface area (Å²) in [7, 11) is 1.96. The van der Waals surface area contributed by atoms with E-state index in [2.05, 4.69) is 48.6 Å². The Bertz CT molecular complexity index is 644. The highest BCUT2D eigenvalue weighted by Gasteiger charge is 2.41. The summed E-state index contributed by atoms with van der Waals surface area (Å²) in [5.74, 6) is 1.61. The van der Waals surface area contributed by atoms with Crippen molar-refractivity contribution in [2.75, 3.05) is 7.05 Å². The first-order valence-electron chi connectivity index (χ1n) is 8.71. The van der Waals surface area contributed by atoms with Crippen LogP contribution < -0.4 is 5.32 Å². The molecule has 4 heteroatoms. The van der Waals surface area contributed by atoms with Crippen molar-refractivity contribution in [3.63, 3.8) is 0 Å². The highest BCUT2D eigenvalue weighted by atomic mass is 16.5. The molecule has 0 aliphatic heterocycles. The Morgan fingerprint density at radius 3 is 2.74 bits per heavy atom. The van der Waals surface area contributed by atoms with Gasteiger partial charge in [0.1, 0.15) is 0 Å². The third-order valence-corrected chi connectivity index (χ3v) is 5.14. The van der Waals surface area contributed by atoms with Crippen molar-refractivity contribution >= 4 is 0 Å². The van der Waals surface area contributed by atoms with E-state index in [1.807, 2.05) is 7.05 Å². The van der Waals surface area contributed by atoms with Crippen molar-refractivity contribution in [1.29, 1.82) is 0 Å². The summed E-state index contributed by atoms with van der Waals surface area (Å²) in [5.41, 5.74) is 2.52. The van der Waals surface area contributed by atoms with Gasteiger partial charge in [-0.2, -0.15) is 4.98 Å². The third kappa shape index (κ3) is 3.32. The van der Waals surface area contributed by atoms with E-state index in [1.54, 1.807) is 0 Å². The SMILES string of the molecule is CNC(C)Cc1noc(C2(c3cccc(C)c3)CCCCC2)n1. The van der Waals surface area contributed by atoms with Crippen molar-refractivity contribution < 1.29 is 4.52 Å². The van der Waals surface area contributed by atoms with Gasteiger partial charge in [0.25, 0.3) is 0 Å². The molecule has 0 radical (unpaired) electrons. The van der Waals surface area contributed by atoms with Crippen molar-refractivity contribution in [3.05, 3.63) is 47.1 Å². The minimum absolute atomic E-state index is 0.0988. The fourth-order valence-electron chi connectivity index (χ4n) is 3.63. The lowest BCUT2D eigenvalue weighted by atomic mass is 9.69. The maximum absolute atomic E-state index is 5.76. The normalized spacial score (nSPS) is 18.7. The molecule has 1 unspecified atom stereocenters. The minimum atomic E-state index is -0.0988. The predicted octanol–water partition coefficient (Wildman–Crippen LogP) is 3.78. The summed E-state index contributed by atoms with van der Waals surface area (Å²) in [4.78, 5) is 4.78. The van der Waals surface area contributed by atoms with Crippen LogP contribution in [0, 0.1) is 6.92 Å². The second-order valence-electron chi connectivity index (χ2n) is 6.92. The Morgan fingerprint density at radius 1 is 1.26 bits per heavy atom. The number of hydrogen-bond donors (Lipinski definition) is 1. The average molecular weight is 313 g/mol. The van der Waals surface area contributed by atoms with E-state index in [0.717, 1.165) is 31.0 Å². The van der Waals surface area contributed by atoms with Crippen molar-refractivity contribution in [1.82, 2.24) is 15.5 Å². The Balaban J connectivity index is 1.96. The smallest absolute Gasteiger partial charge is 0.237 e. The maximum atomic E-state index is 5.76.